The topological polar surface area (TPSA) is 30.5 Å². The van der Waals surface area contributed by atoms with Crippen LogP contribution in [-0.2, 0) is 6.54 Å². The van der Waals surface area contributed by atoms with Crippen molar-refractivity contribution in [1.82, 2.24) is 5.32 Å². The van der Waals surface area contributed by atoms with E-state index in [0.717, 1.165) is 24.6 Å². The van der Waals surface area contributed by atoms with Gasteiger partial charge in [0.15, 0.2) is 11.5 Å². The van der Waals surface area contributed by atoms with Crippen molar-refractivity contribution in [3.8, 4) is 11.5 Å². The molecule has 1 aliphatic heterocycles. The Balaban J connectivity index is 1.66. The summed E-state index contributed by atoms with van der Waals surface area (Å²) >= 11 is 1.77. The summed E-state index contributed by atoms with van der Waals surface area (Å²) in [4.78, 5) is 1.28. The first-order valence-corrected chi connectivity index (χ1v) is 9.10. The quantitative estimate of drug-likeness (QED) is 0.837. The summed E-state index contributed by atoms with van der Waals surface area (Å²) < 4.78 is 11.4. The summed E-state index contributed by atoms with van der Waals surface area (Å²) in [5.74, 6) is 1.78. The molecule has 0 spiro atoms. The lowest BCUT2D eigenvalue weighted by Gasteiger charge is -2.25. The number of hydrogen-bond donors (Lipinski definition) is 1. The standard InChI is InChI=1S/C17H25NO2S/c1-17(5-3-4-6-17)12-18-11-13-9-14-15(10-16(13)21-2)20-8-7-19-14/h9-10,18H,3-8,11-12H2,1-2H3. The summed E-state index contributed by atoms with van der Waals surface area (Å²) in [5, 5.41) is 3.66. The molecule has 0 saturated heterocycles. The average Bonchev–Trinajstić information content (AvgIpc) is 2.93. The molecular weight excluding hydrogens is 282 g/mol. The van der Waals surface area contributed by atoms with Crippen molar-refractivity contribution in [3.05, 3.63) is 17.7 Å². The Morgan fingerprint density at radius 2 is 1.81 bits per heavy atom. The second-order valence-electron chi connectivity index (χ2n) is 6.43. The van der Waals surface area contributed by atoms with Crippen LogP contribution >= 0.6 is 11.8 Å². The predicted molar refractivity (Wildman–Crippen MR) is 87.5 cm³/mol. The van der Waals surface area contributed by atoms with Gasteiger partial charge < -0.3 is 14.8 Å². The zero-order chi connectivity index (χ0) is 14.7. The monoisotopic (exact) mass is 307 g/mol. The maximum atomic E-state index is 5.70. The number of ether oxygens (including phenoxy) is 2. The Labute approximate surface area is 131 Å². The molecule has 116 valence electrons. The lowest BCUT2D eigenvalue weighted by molar-refractivity contribution is 0.171. The van der Waals surface area contributed by atoms with Gasteiger partial charge in [0.2, 0.25) is 0 Å². The Kier molecular flexibility index (Phi) is 4.65. The summed E-state index contributed by atoms with van der Waals surface area (Å²) in [6.45, 7) is 5.72. The third-order valence-electron chi connectivity index (χ3n) is 4.62. The minimum absolute atomic E-state index is 0.493. The predicted octanol–water partition coefficient (Wildman–Crippen LogP) is 3.85. The molecule has 3 rings (SSSR count). The van der Waals surface area contributed by atoms with Crippen LogP contribution in [0.4, 0.5) is 0 Å². The fourth-order valence-electron chi connectivity index (χ4n) is 3.34. The highest BCUT2D eigenvalue weighted by Crippen LogP contribution is 2.38. The van der Waals surface area contributed by atoms with Gasteiger partial charge >= 0.3 is 0 Å². The van der Waals surface area contributed by atoms with E-state index >= 15 is 0 Å². The second-order valence-corrected chi connectivity index (χ2v) is 7.28. The summed E-state index contributed by atoms with van der Waals surface area (Å²) in [6.07, 6.45) is 7.61. The molecule has 0 atom stereocenters. The van der Waals surface area contributed by atoms with E-state index in [0.29, 0.717) is 18.6 Å². The lowest BCUT2D eigenvalue weighted by Crippen LogP contribution is -2.29. The molecule has 1 saturated carbocycles. The van der Waals surface area contributed by atoms with Crippen LogP contribution in [0.3, 0.4) is 0 Å². The number of hydrogen-bond acceptors (Lipinski definition) is 4. The van der Waals surface area contributed by atoms with Gasteiger partial charge in [-0.1, -0.05) is 19.8 Å². The Bertz CT molecular complexity index is 498. The van der Waals surface area contributed by atoms with Crippen LogP contribution in [0.1, 0.15) is 38.2 Å². The molecule has 0 radical (unpaired) electrons. The molecule has 1 fully saturated rings. The summed E-state index contributed by atoms with van der Waals surface area (Å²) in [6, 6.07) is 4.26. The number of thioether (sulfide) groups is 1. The molecule has 2 aliphatic rings. The molecule has 0 unspecified atom stereocenters. The normalized spacial score (nSPS) is 19.7. The van der Waals surface area contributed by atoms with Crippen molar-refractivity contribution < 1.29 is 9.47 Å². The molecule has 1 N–H and O–H groups in total. The molecule has 0 aromatic heterocycles. The van der Waals surface area contributed by atoms with Crippen molar-refractivity contribution >= 4 is 11.8 Å². The van der Waals surface area contributed by atoms with Gasteiger partial charge in [-0.05, 0) is 42.2 Å². The molecule has 3 nitrogen and oxygen atoms in total. The highest BCUT2D eigenvalue weighted by atomic mass is 32.2. The zero-order valence-corrected chi connectivity index (χ0v) is 13.9. The molecule has 1 heterocycles. The fourth-order valence-corrected chi connectivity index (χ4v) is 3.96. The second kappa shape index (κ2) is 6.49. The van der Waals surface area contributed by atoms with E-state index in [9.17, 15) is 0 Å². The first kappa shape index (κ1) is 15.0. The minimum atomic E-state index is 0.493. The third-order valence-corrected chi connectivity index (χ3v) is 5.44. The number of nitrogens with one attached hydrogen (secondary N) is 1. The van der Waals surface area contributed by atoms with Crippen molar-refractivity contribution in [1.29, 1.82) is 0 Å². The van der Waals surface area contributed by atoms with E-state index in [1.54, 1.807) is 11.8 Å². The van der Waals surface area contributed by atoms with Crippen LogP contribution in [0.25, 0.3) is 0 Å². The molecule has 1 aliphatic carbocycles. The molecule has 21 heavy (non-hydrogen) atoms. The highest BCUT2D eigenvalue weighted by molar-refractivity contribution is 7.98. The van der Waals surface area contributed by atoms with Gasteiger partial charge in [0.25, 0.3) is 0 Å². The largest absolute Gasteiger partial charge is 0.486 e. The first-order chi connectivity index (χ1) is 10.2. The molecule has 1 aromatic rings. The highest BCUT2D eigenvalue weighted by Gasteiger charge is 2.28. The number of fused-ring (bicyclic) bond motifs is 1. The number of benzene rings is 1. The average molecular weight is 307 g/mol. The van der Waals surface area contributed by atoms with Crippen molar-refractivity contribution in [2.45, 2.75) is 44.0 Å². The van der Waals surface area contributed by atoms with Crippen LogP contribution in [0.2, 0.25) is 0 Å². The summed E-state index contributed by atoms with van der Waals surface area (Å²) in [7, 11) is 0. The van der Waals surface area contributed by atoms with Gasteiger partial charge in [0.1, 0.15) is 13.2 Å². The van der Waals surface area contributed by atoms with Gasteiger partial charge in [0.05, 0.1) is 0 Å². The molecule has 1 aromatic carbocycles. The van der Waals surface area contributed by atoms with Gasteiger partial charge in [0, 0.05) is 18.0 Å². The van der Waals surface area contributed by atoms with E-state index in [4.69, 9.17) is 9.47 Å². The Hall–Kier alpha value is -0.870. The zero-order valence-electron chi connectivity index (χ0n) is 13.0. The fraction of sp³-hybridized carbons (Fsp3) is 0.647. The SMILES string of the molecule is CSc1cc2c(cc1CNCC1(C)CCCC1)OCCO2. The number of rotatable bonds is 5. The maximum Gasteiger partial charge on any atom is 0.162 e. The van der Waals surface area contributed by atoms with Crippen molar-refractivity contribution in [2.24, 2.45) is 5.41 Å². The van der Waals surface area contributed by atoms with Crippen LogP contribution in [0.15, 0.2) is 17.0 Å². The first-order valence-electron chi connectivity index (χ1n) is 7.87. The lowest BCUT2D eigenvalue weighted by atomic mass is 9.89. The molecular formula is C17H25NO2S. The third kappa shape index (κ3) is 3.49. The van der Waals surface area contributed by atoms with Crippen molar-refractivity contribution in [2.75, 3.05) is 26.0 Å². The van der Waals surface area contributed by atoms with Gasteiger partial charge in [-0.25, -0.2) is 0 Å². The van der Waals surface area contributed by atoms with Crippen LogP contribution in [0, 0.1) is 5.41 Å². The van der Waals surface area contributed by atoms with Crippen LogP contribution < -0.4 is 14.8 Å². The molecule has 4 heteroatoms. The Morgan fingerprint density at radius 1 is 1.14 bits per heavy atom. The maximum absolute atomic E-state index is 5.70. The van der Waals surface area contributed by atoms with E-state index in [1.165, 1.54) is 36.1 Å². The van der Waals surface area contributed by atoms with Gasteiger partial charge in [-0.15, -0.1) is 11.8 Å². The summed E-state index contributed by atoms with van der Waals surface area (Å²) in [5.41, 5.74) is 1.81. The van der Waals surface area contributed by atoms with Gasteiger partial charge in [-0.2, -0.15) is 0 Å². The van der Waals surface area contributed by atoms with E-state index < -0.39 is 0 Å². The van der Waals surface area contributed by atoms with Crippen molar-refractivity contribution in [3.63, 3.8) is 0 Å². The molecule has 0 amide bonds. The van der Waals surface area contributed by atoms with E-state index in [1.807, 2.05) is 0 Å². The van der Waals surface area contributed by atoms with Crippen LogP contribution in [0.5, 0.6) is 11.5 Å². The van der Waals surface area contributed by atoms with E-state index in [2.05, 4.69) is 30.6 Å². The molecule has 0 bridgehead atoms. The Morgan fingerprint density at radius 3 is 2.48 bits per heavy atom. The van der Waals surface area contributed by atoms with Crippen LogP contribution in [-0.4, -0.2) is 26.0 Å². The van der Waals surface area contributed by atoms with Gasteiger partial charge in [-0.3, -0.25) is 0 Å². The smallest absolute Gasteiger partial charge is 0.162 e. The minimum Gasteiger partial charge on any atom is -0.486 e. The van der Waals surface area contributed by atoms with E-state index in [-0.39, 0.29) is 0 Å².